The van der Waals surface area contributed by atoms with Gasteiger partial charge in [0, 0.05) is 51.5 Å². The summed E-state index contributed by atoms with van der Waals surface area (Å²) in [5.74, 6) is 0.543. The van der Waals surface area contributed by atoms with Crippen LogP contribution in [0.5, 0.6) is 0 Å². The third kappa shape index (κ3) is 7.94. The lowest BCUT2D eigenvalue weighted by Crippen LogP contribution is -2.61. The lowest BCUT2D eigenvalue weighted by atomic mass is 9.33. The molecule has 0 aromatic heterocycles. The molecule has 1 aliphatic carbocycles. The van der Waals surface area contributed by atoms with E-state index in [1.165, 1.54) is 127 Å². The quantitative estimate of drug-likeness (QED) is 0.163. The van der Waals surface area contributed by atoms with Gasteiger partial charge in [-0.3, -0.25) is 0 Å². The Hall–Kier alpha value is -6.00. The predicted octanol–water partition coefficient (Wildman–Crippen LogP) is 16.6. The number of hydrogen-bond acceptors (Lipinski definition) is 3. The van der Waals surface area contributed by atoms with Gasteiger partial charge in [0.25, 0.3) is 6.71 Å². The Morgan fingerprint density at radius 1 is 0.423 bits per heavy atom. The maximum absolute atomic E-state index is 2.80. The zero-order valence-electron chi connectivity index (χ0n) is 45.3. The van der Waals surface area contributed by atoms with Crippen molar-refractivity contribution >= 4 is 68.6 Å². The van der Waals surface area contributed by atoms with Gasteiger partial charge in [-0.2, -0.15) is 0 Å². The molecule has 7 aromatic rings. The molecule has 1 fully saturated rings. The van der Waals surface area contributed by atoms with Gasteiger partial charge >= 0.3 is 0 Å². The largest absolute Gasteiger partial charge is 0.338 e. The molecule has 0 saturated heterocycles. The Kier molecular flexibility index (Phi) is 11.0. The molecule has 3 nitrogen and oxygen atoms in total. The summed E-state index contributed by atoms with van der Waals surface area (Å²) in [6.07, 6.45) is 4.99. The van der Waals surface area contributed by atoms with E-state index in [-0.39, 0.29) is 33.8 Å². The smallest absolute Gasteiger partial charge is 0.252 e. The molecule has 4 heteroatoms. The van der Waals surface area contributed by atoms with Crippen molar-refractivity contribution in [1.82, 2.24) is 0 Å². The van der Waals surface area contributed by atoms with Gasteiger partial charge in [0.1, 0.15) is 0 Å². The molecule has 2 atom stereocenters. The number of rotatable bonds is 4. The standard InChI is InChI=1S/C67H76BN3/c1-63(2,3)45-26-23-43(24-27-45)44-25-37-58-54(39-44)68-55-40-48(66(10,11)12)32-38-59(55)70(50-35-30-47(31-36-50)65(7,8)9)61-42-51(41-60(62(61)68)69(58)49-33-28-46(29-34-49)64(4,5)6)71-56-21-17-15-19-52(56)67(13,14)53-20-16-18-22-57(53)71/h15,17,19,21,23-42,53,57H,16,18,20,22H2,1-14H3. The molecular formula is C67H76BN3. The summed E-state index contributed by atoms with van der Waals surface area (Å²) in [6, 6.07) is 58.1. The molecule has 1 saturated carbocycles. The molecule has 2 unspecified atom stereocenters. The summed E-state index contributed by atoms with van der Waals surface area (Å²) in [4.78, 5) is 8.06. The maximum Gasteiger partial charge on any atom is 0.252 e. The SMILES string of the molecule is CC(C)(C)c1ccc(-c2ccc3c(c2)B2c4cc(C(C)(C)C)ccc4N(c4ccc(C(C)(C)C)cc4)c4cc(N5c6ccccc6C(C)(C)C6CCCCC65)cc(c42)N3c2ccc(C(C)(C)C)cc2)cc1. The molecule has 0 amide bonds. The Labute approximate surface area is 427 Å². The minimum absolute atomic E-state index is 0.0136. The van der Waals surface area contributed by atoms with Crippen LogP contribution in [0.2, 0.25) is 0 Å². The predicted molar refractivity (Wildman–Crippen MR) is 308 cm³/mol. The highest BCUT2D eigenvalue weighted by molar-refractivity contribution is 7.00. The Morgan fingerprint density at radius 3 is 1.41 bits per heavy atom. The van der Waals surface area contributed by atoms with E-state index in [1.807, 2.05) is 0 Å². The van der Waals surface area contributed by atoms with Gasteiger partial charge in [-0.1, -0.05) is 201 Å². The summed E-state index contributed by atoms with van der Waals surface area (Å²) in [5.41, 5.74) is 23.6. The van der Waals surface area contributed by atoms with Crippen molar-refractivity contribution in [2.45, 2.75) is 156 Å². The average Bonchev–Trinajstić information content (AvgIpc) is 3.33. The first-order valence-electron chi connectivity index (χ1n) is 26.8. The number of fused-ring (bicyclic) bond motifs is 6. The van der Waals surface area contributed by atoms with Crippen LogP contribution >= 0.6 is 0 Å². The summed E-state index contributed by atoms with van der Waals surface area (Å²) >= 11 is 0. The van der Waals surface area contributed by atoms with Crippen LogP contribution in [0.15, 0.2) is 146 Å². The van der Waals surface area contributed by atoms with Crippen LogP contribution < -0.4 is 31.1 Å². The molecule has 71 heavy (non-hydrogen) atoms. The summed E-state index contributed by atoms with van der Waals surface area (Å²) in [5, 5.41) is 0. The number of hydrogen-bond donors (Lipinski definition) is 0. The van der Waals surface area contributed by atoms with Crippen molar-refractivity contribution in [1.29, 1.82) is 0 Å². The van der Waals surface area contributed by atoms with Crippen molar-refractivity contribution < 1.29 is 0 Å². The highest BCUT2D eigenvalue weighted by Gasteiger charge is 2.49. The second kappa shape index (κ2) is 16.5. The third-order valence-electron chi connectivity index (χ3n) is 17.1. The molecule has 0 radical (unpaired) electrons. The molecule has 3 aliphatic heterocycles. The first-order valence-corrected chi connectivity index (χ1v) is 26.8. The fraction of sp³-hybridized carbons (Fsp3) is 0.373. The first kappa shape index (κ1) is 47.3. The van der Waals surface area contributed by atoms with Crippen LogP contribution in [0.3, 0.4) is 0 Å². The van der Waals surface area contributed by atoms with E-state index in [1.54, 1.807) is 0 Å². The second-order valence-electron chi connectivity index (χ2n) is 26.3. The normalized spacial score (nSPS) is 18.3. The monoisotopic (exact) mass is 934 g/mol. The van der Waals surface area contributed by atoms with Gasteiger partial charge in [-0.15, -0.1) is 0 Å². The van der Waals surface area contributed by atoms with E-state index in [4.69, 9.17) is 0 Å². The Balaban J connectivity index is 1.24. The number of nitrogens with zero attached hydrogens (tertiary/aromatic N) is 3. The van der Waals surface area contributed by atoms with E-state index in [0.717, 1.165) is 0 Å². The zero-order valence-corrected chi connectivity index (χ0v) is 45.3. The van der Waals surface area contributed by atoms with Gasteiger partial charge in [0.15, 0.2) is 0 Å². The van der Waals surface area contributed by atoms with E-state index in [2.05, 4.69) is 257 Å². The molecule has 4 aliphatic rings. The summed E-state index contributed by atoms with van der Waals surface area (Å²) in [7, 11) is 0. The molecule has 7 aromatic carbocycles. The maximum atomic E-state index is 2.80. The van der Waals surface area contributed by atoms with Crippen LogP contribution in [0, 0.1) is 5.92 Å². The third-order valence-corrected chi connectivity index (χ3v) is 17.1. The van der Waals surface area contributed by atoms with E-state index < -0.39 is 0 Å². The van der Waals surface area contributed by atoms with Crippen LogP contribution in [-0.2, 0) is 27.1 Å². The fourth-order valence-electron chi connectivity index (χ4n) is 12.9. The van der Waals surface area contributed by atoms with Crippen molar-refractivity contribution in [3.8, 4) is 11.1 Å². The number of benzene rings is 7. The lowest BCUT2D eigenvalue weighted by molar-refractivity contribution is 0.190. The topological polar surface area (TPSA) is 9.72 Å². The Bertz CT molecular complexity index is 3150. The Morgan fingerprint density at radius 2 is 0.873 bits per heavy atom. The molecule has 0 spiro atoms. The lowest BCUT2D eigenvalue weighted by Gasteiger charge is -2.54. The fourth-order valence-corrected chi connectivity index (χ4v) is 12.9. The highest BCUT2D eigenvalue weighted by Crippen LogP contribution is 2.55. The van der Waals surface area contributed by atoms with Crippen molar-refractivity contribution in [2.75, 3.05) is 14.7 Å². The molecule has 362 valence electrons. The van der Waals surface area contributed by atoms with E-state index in [9.17, 15) is 0 Å². The summed E-state index contributed by atoms with van der Waals surface area (Å²) < 4.78 is 0. The van der Waals surface area contributed by atoms with Gasteiger partial charge in [0.05, 0.1) is 0 Å². The number of para-hydroxylation sites is 1. The molecule has 0 bridgehead atoms. The first-order chi connectivity index (χ1) is 33.5. The minimum Gasteiger partial charge on any atom is -0.338 e. The van der Waals surface area contributed by atoms with Crippen molar-refractivity contribution in [2.24, 2.45) is 5.92 Å². The van der Waals surface area contributed by atoms with Crippen LogP contribution in [-0.4, -0.2) is 12.8 Å². The van der Waals surface area contributed by atoms with E-state index >= 15 is 0 Å². The van der Waals surface area contributed by atoms with E-state index in [0.29, 0.717) is 12.0 Å². The average molecular weight is 934 g/mol. The van der Waals surface area contributed by atoms with Gasteiger partial charge < -0.3 is 14.7 Å². The highest BCUT2D eigenvalue weighted by atomic mass is 15.2. The molecule has 3 heterocycles. The van der Waals surface area contributed by atoms with Crippen molar-refractivity contribution in [3.05, 3.63) is 173 Å². The molecule has 0 N–H and O–H groups in total. The van der Waals surface area contributed by atoms with Crippen LogP contribution in [0.25, 0.3) is 11.1 Å². The molecular weight excluding hydrogens is 858 g/mol. The van der Waals surface area contributed by atoms with Crippen molar-refractivity contribution in [3.63, 3.8) is 0 Å². The minimum atomic E-state index is -0.0396. The number of anilines is 8. The second-order valence-corrected chi connectivity index (χ2v) is 26.3. The van der Waals surface area contributed by atoms with Gasteiger partial charge in [-0.05, 0) is 156 Å². The molecule has 11 rings (SSSR count). The zero-order chi connectivity index (χ0) is 50.2. The van der Waals surface area contributed by atoms with Crippen LogP contribution in [0.4, 0.5) is 45.5 Å². The summed E-state index contributed by atoms with van der Waals surface area (Å²) in [6.45, 7) is 32.9. The van der Waals surface area contributed by atoms with Gasteiger partial charge in [-0.25, -0.2) is 0 Å². The van der Waals surface area contributed by atoms with Crippen LogP contribution in [0.1, 0.15) is 150 Å². The van der Waals surface area contributed by atoms with Gasteiger partial charge in [0.2, 0.25) is 0 Å².